The molecule has 0 bridgehead atoms. The Hall–Kier alpha value is -3.37. The molecule has 4 nitrogen and oxygen atoms in total. The average Bonchev–Trinajstić information content (AvgIpc) is 3.14. The third-order valence-corrected chi connectivity index (χ3v) is 4.91. The van der Waals surface area contributed by atoms with E-state index in [0.717, 1.165) is 29.3 Å². The number of aromatic nitrogens is 2. The van der Waals surface area contributed by atoms with Crippen molar-refractivity contribution in [2.24, 2.45) is 7.05 Å². The van der Waals surface area contributed by atoms with Gasteiger partial charge in [-0.3, -0.25) is 4.68 Å². The van der Waals surface area contributed by atoms with E-state index in [9.17, 15) is 0 Å². The molecule has 0 radical (unpaired) electrons. The topological polar surface area (TPSA) is 39.1 Å². The summed E-state index contributed by atoms with van der Waals surface area (Å²) in [5, 5.41) is 8.29. The predicted molar refractivity (Wildman–Crippen MR) is 117 cm³/mol. The first-order chi connectivity index (χ1) is 14.2. The monoisotopic (exact) mass is 383 g/mol. The third kappa shape index (κ3) is 4.73. The normalized spacial score (nSPS) is 11.9. The minimum Gasteiger partial charge on any atom is -0.457 e. The Balaban J connectivity index is 1.47. The minimum atomic E-state index is 0.269. The molecule has 1 atom stereocenters. The van der Waals surface area contributed by atoms with E-state index in [0.29, 0.717) is 0 Å². The van der Waals surface area contributed by atoms with Gasteiger partial charge in [-0.25, -0.2) is 0 Å². The number of hydrogen-bond acceptors (Lipinski definition) is 3. The number of benzene rings is 3. The molecule has 0 saturated carbocycles. The number of rotatable bonds is 7. The first-order valence-electron chi connectivity index (χ1n) is 9.83. The zero-order valence-electron chi connectivity index (χ0n) is 16.7. The Kier molecular flexibility index (Phi) is 5.73. The molecule has 0 aliphatic carbocycles. The lowest BCUT2D eigenvalue weighted by atomic mass is 10.1. The van der Waals surface area contributed by atoms with Gasteiger partial charge >= 0.3 is 0 Å². The van der Waals surface area contributed by atoms with Gasteiger partial charge in [0.1, 0.15) is 11.5 Å². The highest BCUT2D eigenvalue weighted by Crippen LogP contribution is 2.27. The predicted octanol–water partition coefficient (Wildman–Crippen LogP) is 5.73. The lowest BCUT2D eigenvalue weighted by Gasteiger charge is -2.14. The lowest BCUT2D eigenvalue weighted by Crippen LogP contribution is -2.18. The molecule has 0 amide bonds. The molecule has 29 heavy (non-hydrogen) atoms. The number of nitrogens with one attached hydrogen (secondary N) is 1. The van der Waals surface area contributed by atoms with E-state index >= 15 is 0 Å². The second-order valence-corrected chi connectivity index (χ2v) is 7.13. The van der Waals surface area contributed by atoms with E-state index in [4.69, 9.17) is 4.74 Å². The van der Waals surface area contributed by atoms with E-state index in [1.807, 2.05) is 60.3 Å². The Labute approximate surface area is 171 Å². The molecular formula is C25H25N3O. The highest BCUT2D eigenvalue weighted by Gasteiger charge is 2.12. The van der Waals surface area contributed by atoms with Crippen molar-refractivity contribution in [1.82, 2.24) is 15.1 Å². The van der Waals surface area contributed by atoms with Crippen LogP contribution < -0.4 is 10.1 Å². The first-order valence-corrected chi connectivity index (χ1v) is 9.83. The molecule has 0 spiro atoms. The van der Waals surface area contributed by atoms with Crippen molar-refractivity contribution in [3.63, 3.8) is 0 Å². The van der Waals surface area contributed by atoms with Crippen LogP contribution in [0.15, 0.2) is 91.1 Å². The molecule has 0 aliphatic heterocycles. The van der Waals surface area contributed by atoms with Gasteiger partial charge in [-0.05, 0) is 48.9 Å². The van der Waals surface area contributed by atoms with Crippen molar-refractivity contribution in [3.05, 3.63) is 102 Å². The summed E-state index contributed by atoms with van der Waals surface area (Å²) in [5.74, 6) is 1.64. The molecule has 0 saturated heterocycles. The Morgan fingerprint density at radius 1 is 0.862 bits per heavy atom. The summed E-state index contributed by atoms with van der Waals surface area (Å²) in [6, 6.07) is 28.6. The maximum atomic E-state index is 5.89. The smallest absolute Gasteiger partial charge is 0.127 e. The van der Waals surface area contributed by atoms with Crippen LogP contribution in [0.25, 0.3) is 11.3 Å². The fraction of sp³-hybridized carbons (Fsp3) is 0.160. The first kappa shape index (κ1) is 19.0. The molecule has 0 fully saturated rings. The van der Waals surface area contributed by atoms with E-state index in [1.54, 1.807) is 0 Å². The zero-order chi connectivity index (χ0) is 20.1. The molecule has 4 aromatic rings. The van der Waals surface area contributed by atoms with Crippen LogP contribution in [0.2, 0.25) is 0 Å². The maximum absolute atomic E-state index is 5.89. The molecule has 4 heteroatoms. The molecule has 1 aromatic heterocycles. The minimum absolute atomic E-state index is 0.269. The third-order valence-electron chi connectivity index (χ3n) is 4.91. The van der Waals surface area contributed by atoms with Crippen LogP contribution in [0.1, 0.15) is 24.1 Å². The van der Waals surface area contributed by atoms with Crippen molar-refractivity contribution in [3.8, 4) is 22.8 Å². The fourth-order valence-electron chi connectivity index (χ4n) is 3.34. The van der Waals surface area contributed by atoms with Crippen LogP contribution in [0.4, 0.5) is 0 Å². The van der Waals surface area contributed by atoms with E-state index in [1.165, 1.54) is 11.1 Å². The van der Waals surface area contributed by atoms with Gasteiger partial charge in [-0.2, -0.15) is 5.10 Å². The van der Waals surface area contributed by atoms with Gasteiger partial charge in [-0.1, -0.05) is 48.5 Å². The van der Waals surface area contributed by atoms with Crippen LogP contribution in [0.5, 0.6) is 11.5 Å². The molecule has 1 heterocycles. The zero-order valence-corrected chi connectivity index (χ0v) is 16.7. The fourth-order valence-corrected chi connectivity index (χ4v) is 3.34. The summed E-state index contributed by atoms with van der Waals surface area (Å²) in [7, 11) is 1.96. The van der Waals surface area contributed by atoms with Gasteiger partial charge in [0.15, 0.2) is 0 Å². The van der Waals surface area contributed by atoms with Crippen LogP contribution in [-0.2, 0) is 13.6 Å². The van der Waals surface area contributed by atoms with E-state index in [2.05, 4.69) is 59.9 Å². The van der Waals surface area contributed by atoms with Gasteiger partial charge in [-0.15, -0.1) is 0 Å². The summed E-state index contributed by atoms with van der Waals surface area (Å²) in [6.45, 7) is 2.93. The largest absolute Gasteiger partial charge is 0.457 e. The number of ether oxygens (including phenoxy) is 1. The number of hydrogen-bond donors (Lipinski definition) is 1. The molecule has 4 rings (SSSR count). The summed E-state index contributed by atoms with van der Waals surface area (Å²) < 4.78 is 7.76. The SMILES string of the molecule is C[C@H](NCc1cn(C)nc1-c1ccc(Oc2ccccc2)cc1)c1ccccc1. The summed E-state index contributed by atoms with van der Waals surface area (Å²) in [5.41, 5.74) is 4.52. The molecule has 3 aromatic carbocycles. The van der Waals surface area contributed by atoms with Gasteiger partial charge in [0.25, 0.3) is 0 Å². The maximum Gasteiger partial charge on any atom is 0.127 e. The molecular weight excluding hydrogens is 358 g/mol. The quantitative estimate of drug-likeness (QED) is 0.443. The van der Waals surface area contributed by atoms with Crippen molar-refractivity contribution < 1.29 is 4.74 Å². The van der Waals surface area contributed by atoms with Crippen LogP contribution in [-0.4, -0.2) is 9.78 Å². The number of para-hydroxylation sites is 1. The Morgan fingerprint density at radius 2 is 1.48 bits per heavy atom. The van der Waals surface area contributed by atoms with Crippen molar-refractivity contribution >= 4 is 0 Å². The van der Waals surface area contributed by atoms with Crippen molar-refractivity contribution in [1.29, 1.82) is 0 Å². The second-order valence-electron chi connectivity index (χ2n) is 7.13. The lowest BCUT2D eigenvalue weighted by molar-refractivity contribution is 0.483. The Bertz CT molecular complexity index is 1040. The standard InChI is InChI=1S/C25H25N3O/c1-19(20-9-5-3-6-10-20)26-17-22-18-28(2)27-25(22)21-13-15-24(16-14-21)29-23-11-7-4-8-12-23/h3-16,18-19,26H,17H2,1-2H3/t19-/m0/s1. The van der Waals surface area contributed by atoms with Gasteiger partial charge < -0.3 is 10.1 Å². The molecule has 146 valence electrons. The summed E-state index contributed by atoms with van der Waals surface area (Å²) in [4.78, 5) is 0. The highest BCUT2D eigenvalue weighted by atomic mass is 16.5. The van der Waals surface area contributed by atoms with Crippen LogP contribution in [0, 0.1) is 0 Å². The average molecular weight is 383 g/mol. The molecule has 0 aliphatic rings. The Morgan fingerprint density at radius 3 is 2.17 bits per heavy atom. The van der Waals surface area contributed by atoms with E-state index < -0.39 is 0 Å². The second kappa shape index (κ2) is 8.76. The van der Waals surface area contributed by atoms with Gasteiger partial charge in [0, 0.05) is 37.0 Å². The highest BCUT2D eigenvalue weighted by molar-refractivity contribution is 5.63. The van der Waals surface area contributed by atoms with Crippen molar-refractivity contribution in [2.75, 3.05) is 0 Å². The van der Waals surface area contributed by atoms with Crippen molar-refractivity contribution in [2.45, 2.75) is 19.5 Å². The van der Waals surface area contributed by atoms with Gasteiger partial charge in [0.2, 0.25) is 0 Å². The van der Waals surface area contributed by atoms with Crippen LogP contribution >= 0.6 is 0 Å². The summed E-state index contributed by atoms with van der Waals surface area (Å²) in [6.07, 6.45) is 2.08. The van der Waals surface area contributed by atoms with Crippen LogP contribution in [0.3, 0.4) is 0 Å². The molecule has 0 unspecified atom stereocenters. The number of aryl methyl sites for hydroxylation is 1. The van der Waals surface area contributed by atoms with Gasteiger partial charge in [0.05, 0.1) is 5.69 Å². The number of nitrogens with zero attached hydrogens (tertiary/aromatic N) is 2. The summed E-state index contributed by atoms with van der Waals surface area (Å²) >= 11 is 0. The molecule has 1 N–H and O–H groups in total. The van der Waals surface area contributed by atoms with E-state index in [-0.39, 0.29) is 6.04 Å².